The molecule has 0 saturated carbocycles. The monoisotopic (exact) mass is 923 g/mol. The highest BCUT2D eigenvalue weighted by atomic mass is 31.2. The van der Waals surface area contributed by atoms with Crippen molar-refractivity contribution < 1.29 is 52.5 Å². The third kappa shape index (κ3) is 39.9. The molecule has 1 rings (SSSR count). The first kappa shape index (κ1) is 59.6. The zero-order chi connectivity index (χ0) is 46.8. The van der Waals surface area contributed by atoms with Crippen LogP contribution in [0.2, 0.25) is 0 Å². The van der Waals surface area contributed by atoms with Gasteiger partial charge in [-0.25, -0.2) is 4.57 Å². The summed E-state index contributed by atoms with van der Waals surface area (Å²) in [7, 11) is -4.65. The van der Waals surface area contributed by atoms with Crippen molar-refractivity contribution in [2.24, 2.45) is 5.92 Å². The lowest BCUT2D eigenvalue weighted by Crippen LogP contribution is -2.29. The van der Waals surface area contributed by atoms with Gasteiger partial charge in [0.25, 0.3) is 0 Å². The summed E-state index contributed by atoms with van der Waals surface area (Å²) in [4.78, 5) is 35.1. The van der Waals surface area contributed by atoms with Crippen molar-refractivity contribution in [3.05, 3.63) is 60.8 Å². The topological polar surface area (TPSA) is 161 Å². The number of rotatable bonds is 45. The lowest BCUT2D eigenvalue weighted by Gasteiger charge is -2.20. The van der Waals surface area contributed by atoms with Crippen LogP contribution in [0, 0.1) is 5.92 Å². The molecule has 11 nitrogen and oxygen atoms in total. The molecule has 370 valence electrons. The van der Waals surface area contributed by atoms with Crippen molar-refractivity contribution in [2.75, 3.05) is 26.4 Å². The van der Waals surface area contributed by atoms with Gasteiger partial charge in [-0.15, -0.1) is 0 Å². The predicted octanol–water partition coefficient (Wildman–Crippen LogP) is 13.1. The number of epoxide rings is 1. The van der Waals surface area contributed by atoms with E-state index < -0.39 is 51.8 Å². The number of phosphoric acid groups is 1. The van der Waals surface area contributed by atoms with Crippen LogP contribution >= 0.6 is 7.82 Å². The fourth-order valence-corrected chi connectivity index (χ4v) is 7.86. The molecule has 3 unspecified atom stereocenters. The summed E-state index contributed by atoms with van der Waals surface area (Å²) >= 11 is 0. The average Bonchev–Trinajstić information content (AvgIpc) is 4.03. The smallest absolute Gasteiger partial charge is 0.462 e. The Bertz CT molecular complexity index is 1330. The van der Waals surface area contributed by atoms with Gasteiger partial charge in [0.1, 0.15) is 12.7 Å². The van der Waals surface area contributed by atoms with Crippen LogP contribution in [0.5, 0.6) is 0 Å². The van der Waals surface area contributed by atoms with E-state index in [1.165, 1.54) is 96.3 Å². The largest absolute Gasteiger partial charge is 0.472 e. The number of esters is 2. The highest BCUT2D eigenvalue weighted by Gasteiger charge is 2.36. The Morgan fingerprint density at radius 1 is 0.594 bits per heavy atom. The van der Waals surface area contributed by atoms with E-state index in [4.69, 9.17) is 28.4 Å². The van der Waals surface area contributed by atoms with Crippen LogP contribution in [0.3, 0.4) is 0 Å². The molecule has 0 radical (unpaired) electrons. The van der Waals surface area contributed by atoms with Crippen LogP contribution in [-0.4, -0.2) is 77.9 Å². The maximum Gasteiger partial charge on any atom is 0.472 e. The number of hydrogen-bond acceptors (Lipinski definition) is 10. The molecule has 1 fully saturated rings. The van der Waals surface area contributed by atoms with Gasteiger partial charge < -0.3 is 29.3 Å². The van der Waals surface area contributed by atoms with Gasteiger partial charge in [0.05, 0.1) is 32.0 Å². The number of unbranched alkanes of at least 4 members (excludes halogenated alkanes) is 17. The van der Waals surface area contributed by atoms with E-state index in [1.807, 2.05) is 12.2 Å². The molecule has 5 atom stereocenters. The van der Waals surface area contributed by atoms with Crippen LogP contribution in [-0.2, 0) is 37.4 Å². The second-order valence-electron chi connectivity index (χ2n) is 17.7. The van der Waals surface area contributed by atoms with Crippen molar-refractivity contribution in [1.82, 2.24) is 0 Å². The zero-order valence-corrected chi connectivity index (χ0v) is 41.2. The second kappa shape index (κ2) is 42.0. The number of aliphatic hydroxyl groups excluding tert-OH is 2. The molecule has 0 amide bonds. The summed E-state index contributed by atoms with van der Waals surface area (Å²) in [6, 6.07) is 0. The molecule has 1 heterocycles. The van der Waals surface area contributed by atoms with E-state index in [0.29, 0.717) is 25.0 Å². The number of phosphoric ester groups is 1. The number of allylic oxidation sites excluding steroid dienone is 8. The minimum atomic E-state index is -4.65. The van der Waals surface area contributed by atoms with Crippen molar-refractivity contribution in [1.29, 1.82) is 0 Å². The first-order chi connectivity index (χ1) is 31.1. The Labute approximate surface area is 389 Å². The molecule has 1 aliphatic heterocycles. The normalized spacial score (nSPS) is 17.4. The second-order valence-corrected chi connectivity index (χ2v) is 19.1. The number of carbonyl (C=O) groups is 2. The van der Waals surface area contributed by atoms with Crippen molar-refractivity contribution in [3.8, 4) is 0 Å². The Morgan fingerprint density at radius 3 is 1.55 bits per heavy atom. The van der Waals surface area contributed by atoms with Crippen LogP contribution in [0.4, 0.5) is 0 Å². The predicted molar refractivity (Wildman–Crippen MR) is 260 cm³/mol. The van der Waals surface area contributed by atoms with E-state index in [0.717, 1.165) is 63.7 Å². The summed E-state index contributed by atoms with van der Waals surface area (Å²) in [5.41, 5.74) is 0. The highest BCUT2D eigenvalue weighted by Crippen LogP contribution is 2.43. The molecule has 64 heavy (non-hydrogen) atoms. The average molecular weight is 923 g/mol. The Balaban J connectivity index is 2.22. The SMILES string of the molecule is CC/C=C\CC1OC1C/C=C\C/C=C\C/C=C\C/C=C\CCC(=O)O[C@H](COC(=O)CCCCCCCCCCCCCCCCCCCCC(C)C)COP(=O)(O)OC[C@@H](O)CO. The van der Waals surface area contributed by atoms with Crippen LogP contribution in [0.15, 0.2) is 60.8 Å². The fraction of sp³-hybridized carbons (Fsp3) is 0.769. The number of hydrogen-bond donors (Lipinski definition) is 3. The van der Waals surface area contributed by atoms with Gasteiger partial charge in [-0.05, 0) is 57.3 Å². The van der Waals surface area contributed by atoms with Crippen LogP contribution in [0.25, 0.3) is 0 Å². The maximum absolute atomic E-state index is 12.6. The summed E-state index contributed by atoms with van der Waals surface area (Å²) in [5.74, 6) is -0.183. The molecule has 0 aromatic rings. The van der Waals surface area contributed by atoms with Crippen molar-refractivity contribution in [3.63, 3.8) is 0 Å². The number of ether oxygens (including phenoxy) is 3. The van der Waals surface area contributed by atoms with E-state index >= 15 is 0 Å². The zero-order valence-electron chi connectivity index (χ0n) is 40.3. The Hall–Kier alpha value is -2.37. The molecule has 1 aliphatic rings. The van der Waals surface area contributed by atoms with E-state index in [1.54, 1.807) is 0 Å². The molecular formula is C52H91O11P. The Morgan fingerprint density at radius 2 is 1.05 bits per heavy atom. The van der Waals surface area contributed by atoms with Gasteiger partial charge in [-0.3, -0.25) is 18.6 Å². The molecule has 0 aromatic carbocycles. The van der Waals surface area contributed by atoms with Gasteiger partial charge in [0, 0.05) is 12.8 Å². The highest BCUT2D eigenvalue weighted by molar-refractivity contribution is 7.47. The van der Waals surface area contributed by atoms with E-state index in [-0.39, 0.29) is 19.4 Å². The van der Waals surface area contributed by atoms with Gasteiger partial charge in [-0.2, -0.15) is 0 Å². The molecule has 0 aliphatic carbocycles. The molecule has 1 saturated heterocycles. The quantitative estimate of drug-likeness (QED) is 0.0175. The van der Waals surface area contributed by atoms with Crippen molar-refractivity contribution >= 4 is 19.8 Å². The van der Waals surface area contributed by atoms with E-state index in [2.05, 4.69) is 69.4 Å². The summed E-state index contributed by atoms with van der Waals surface area (Å²) < 4.78 is 38.4. The van der Waals surface area contributed by atoms with Crippen LogP contribution in [0.1, 0.15) is 201 Å². The molecule has 3 N–H and O–H groups in total. The molecule has 0 bridgehead atoms. The lowest BCUT2D eigenvalue weighted by atomic mass is 10.0. The molecular weight excluding hydrogens is 832 g/mol. The van der Waals surface area contributed by atoms with Crippen LogP contribution < -0.4 is 0 Å². The Kier molecular flexibility index (Phi) is 39.2. The summed E-state index contributed by atoms with van der Waals surface area (Å²) in [5, 5.41) is 18.4. The minimum absolute atomic E-state index is 0.0549. The first-order valence-corrected chi connectivity index (χ1v) is 26.7. The fourth-order valence-electron chi connectivity index (χ4n) is 7.07. The minimum Gasteiger partial charge on any atom is -0.462 e. The third-order valence-electron chi connectivity index (χ3n) is 11.0. The molecule has 0 spiro atoms. The standard InChI is InChI=1S/C52H91O11P/c1-4-5-32-38-49-50(63-49)39-34-29-25-21-17-14-15-19-23-27-31-36-41-52(56)62-48(45-61-64(57,58)60-43-47(54)42-53)44-59-51(55)40-35-30-26-22-18-13-11-9-7-6-8-10-12-16-20-24-28-33-37-46(2)3/h5,15,17,19,21,27,29,31-32,34,46-50,53-54H,4,6-14,16,18,20,22-26,28,30,33,35-45H2,1-3H3,(H,57,58)/b19-15-,21-17-,31-27-,32-5-,34-29-/t47-,48+,49?,50?/m0/s1. The maximum atomic E-state index is 12.6. The first-order valence-electron chi connectivity index (χ1n) is 25.2. The number of aliphatic hydroxyl groups is 2. The third-order valence-corrected chi connectivity index (χ3v) is 12.0. The lowest BCUT2D eigenvalue weighted by molar-refractivity contribution is -0.161. The van der Waals surface area contributed by atoms with Crippen molar-refractivity contribution in [2.45, 2.75) is 225 Å². The van der Waals surface area contributed by atoms with Gasteiger partial charge in [-0.1, -0.05) is 197 Å². The van der Waals surface area contributed by atoms with Gasteiger partial charge in [0.15, 0.2) is 6.10 Å². The van der Waals surface area contributed by atoms with Gasteiger partial charge >= 0.3 is 19.8 Å². The number of carbonyl (C=O) groups excluding carboxylic acids is 2. The summed E-state index contributed by atoms with van der Waals surface area (Å²) in [6.45, 7) is 4.55. The molecule has 0 aromatic heterocycles. The molecule has 12 heteroatoms. The van der Waals surface area contributed by atoms with Gasteiger partial charge in [0.2, 0.25) is 0 Å². The van der Waals surface area contributed by atoms with E-state index in [9.17, 15) is 24.2 Å². The summed E-state index contributed by atoms with van der Waals surface area (Å²) in [6.07, 6.45) is 49.6.